The number of aromatic nitrogens is 2. The molecule has 123 valence electrons. The highest BCUT2D eigenvalue weighted by Gasteiger charge is 2.31. The van der Waals surface area contributed by atoms with Crippen LogP contribution in [0.3, 0.4) is 0 Å². The molecule has 0 bridgehead atoms. The molecule has 2 heterocycles. The Morgan fingerprint density at radius 3 is 2.95 bits per heavy atom. The normalized spacial score (nSPS) is 22.5. The van der Waals surface area contributed by atoms with E-state index in [0.717, 1.165) is 10.8 Å². The van der Waals surface area contributed by atoms with Gasteiger partial charge in [0.15, 0.2) is 11.6 Å². The van der Waals surface area contributed by atoms with Gasteiger partial charge in [-0.1, -0.05) is 20.8 Å². The first-order valence-corrected chi connectivity index (χ1v) is 9.92. The summed E-state index contributed by atoms with van der Waals surface area (Å²) in [4.78, 5) is 15.2. The Balaban J connectivity index is 1.96. The highest BCUT2D eigenvalue weighted by atomic mass is 32.2. The molecule has 1 aliphatic rings. The largest absolute Gasteiger partial charge is 0.413 e. The van der Waals surface area contributed by atoms with Gasteiger partial charge in [0.25, 0.3) is 0 Å². The lowest BCUT2D eigenvalue weighted by atomic mass is 10.3. The third-order valence-electron chi connectivity index (χ3n) is 3.47. The Labute approximate surface area is 134 Å². The molecule has 1 aromatic heterocycles. The van der Waals surface area contributed by atoms with Crippen LogP contribution in [0, 0.1) is 5.82 Å². The fraction of sp³-hybridized carbons (Fsp3) is 0.692. The van der Waals surface area contributed by atoms with Gasteiger partial charge in [0, 0.05) is 5.75 Å². The monoisotopic (exact) mass is 346 g/mol. The third kappa shape index (κ3) is 4.09. The van der Waals surface area contributed by atoms with Crippen LogP contribution >= 0.6 is 11.8 Å². The zero-order valence-corrected chi connectivity index (χ0v) is 14.9. The molecule has 1 fully saturated rings. The molecule has 2 rings (SSSR count). The second-order valence-corrected chi connectivity index (χ2v) is 10.2. The van der Waals surface area contributed by atoms with E-state index in [0.29, 0.717) is 12.4 Å². The molecule has 0 aliphatic carbocycles. The van der Waals surface area contributed by atoms with E-state index in [9.17, 15) is 9.18 Å². The van der Waals surface area contributed by atoms with Crippen molar-refractivity contribution in [1.82, 2.24) is 9.55 Å². The maximum Gasteiger partial charge on any atom is 0.351 e. The molecule has 6 nitrogen and oxygen atoms in total. The maximum absolute atomic E-state index is 13.5. The maximum atomic E-state index is 13.5. The number of rotatable bonds is 4. The summed E-state index contributed by atoms with van der Waals surface area (Å²) in [7, 11) is -0.944. The summed E-state index contributed by atoms with van der Waals surface area (Å²) in [6.07, 6.45) is 0.499. The van der Waals surface area contributed by atoms with Gasteiger partial charge >= 0.3 is 5.69 Å². The molecule has 9 heteroatoms. The number of anilines is 1. The van der Waals surface area contributed by atoms with Gasteiger partial charge in [0.1, 0.15) is 11.7 Å². The average Bonchev–Trinajstić information content (AvgIpc) is 2.87. The molecular weight excluding hydrogens is 325 g/mol. The quantitative estimate of drug-likeness (QED) is 0.840. The van der Waals surface area contributed by atoms with Gasteiger partial charge < -0.3 is 14.9 Å². The Bertz CT molecular complexity index is 593. The van der Waals surface area contributed by atoms with Gasteiger partial charge in [0.2, 0.25) is 9.04 Å². The molecule has 0 spiro atoms. The van der Waals surface area contributed by atoms with Crippen molar-refractivity contribution in [1.29, 1.82) is 0 Å². The molecule has 2 N–H and O–H groups in total. The van der Waals surface area contributed by atoms with Crippen LogP contribution in [0.5, 0.6) is 0 Å². The summed E-state index contributed by atoms with van der Waals surface area (Å²) in [6, 6.07) is 0. The zero-order valence-electron chi connectivity index (χ0n) is 13.1. The van der Waals surface area contributed by atoms with Crippen molar-refractivity contribution in [3.63, 3.8) is 0 Å². The fourth-order valence-electron chi connectivity index (χ4n) is 1.75. The number of nitrogens with zero attached hydrogens (tertiary/aromatic N) is 2. The molecule has 1 radical (unpaired) electrons. The van der Waals surface area contributed by atoms with Gasteiger partial charge in [-0.05, 0) is 11.6 Å². The van der Waals surface area contributed by atoms with Crippen molar-refractivity contribution >= 4 is 26.6 Å². The van der Waals surface area contributed by atoms with Gasteiger partial charge in [-0.2, -0.15) is 4.98 Å². The van der Waals surface area contributed by atoms with Crippen molar-refractivity contribution < 1.29 is 13.6 Å². The molecule has 0 aromatic carbocycles. The summed E-state index contributed by atoms with van der Waals surface area (Å²) in [5, 5.41) is 0.147. The highest BCUT2D eigenvalue weighted by molar-refractivity contribution is 8.00. The van der Waals surface area contributed by atoms with Gasteiger partial charge in [0.05, 0.1) is 12.8 Å². The molecule has 1 saturated heterocycles. The van der Waals surface area contributed by atoms with Crippen LogP contribution in [0.25, 0.3) is 0 Å². The van der Waals surface area contributed by atoms with Gasteiger partial charge in [-0.3, -0.25) is 4.57 Å². The zero-order chi connectivity index (χ0) is 16.5. The van der Waals surface area contributed by atoms with Gasteiger partial charge in [-0.15, -0.1) is 11.8 Å². The molecule has 2 atom stereocenters. The predicted molar refractivity (Wildman–Crippen MR) is 86.5 cm³/mol. The van der Waals surface area contributed by atoms with E-state index >= 15 is 0 Å². The highest BCUT2D eigenvalue weighted by Crippen LogP contribution is 2.33. The van der Waals surface area contributed by atoms with E-state index in [4.69, 9.17) is 14.9 Å². The summed E-state index contributed by atoms with van der Waals surface area (Å²) < 4.78 is 26.3. The number of nitrogen functional groups attached to an aromatic ring is 1. The van der Waals surface area contributed by atoms with Crippen molar-refractivity contribution in [2.45, 2.75) is 44.0 Å². The number of nitrogens with two attached hydrogens (primary N) is 1. The Hall–Kier alpha value is -0.903. The molecule has 0 amide bonds. The minimum absolute atomic E-state index is 0.147. The van der Waals surface area contributed by atoms with Crippen molar-refractivity contribution in [2.75, 3.05) is 18.1 Å². The first-order chi connectivity index (χ1) is 10.2. The van der Waals surface area contributed by atoms with Crippen molar-refractivity contribution in [3.8, 4) is 0 Å². The second kappa shape index (κ2) is 6.69. The van der Waals surface area contributed by atoms with Crippen LogP contribution < -0.4 is 11.4 Å². The Morgan fingerprint density at radius 2 is 2.32 bits per heavy atom. The summed E-state index contributed by atoms with van der Waals surface area (Å²) >= 11 is 1.54. The van der Waals surface area contributed by atoms with Crippen LogP contribution in [-0.2, 0) is 9.16 Å². The number of hydrogen-bond donors (Lipinski definition) is 1. The minimum Gasteiger partial charge on any atom is -0.413 e. The lowest BCUT2D eigenvalue weighted by Gasteiger charge is -2.25. The fourth-order valence-corrected chi connectivity index (χ4v) is 3.69. The van der Waals surface area contributed by atoms with Crippen molar-refractivity contribution in [2.24, 2.45) is 0 Å². The average molecular weight is 346 g/mol. The van der Waals surface area contributed by atoms with Crippen LogP contribution in [0.2, 0.25) is 11.6 Å². The van der Waals surface area contributed by atoms with E-state index in [1.54, 1.807) is 11.8 Å². The van der Waals surface area contributed by atoms with Gasteiger partial charge in [-0.25, -0.2) is 9.18 Å². The van der Waals surface area contributed by atoms with E-state index in [-0.39, 0.29) is 10.5 Å². The second-order valence-electron chi connectivity index (χ2n) is 6.13. The van der Waals surface area contributed by atoms with E-state index in [1.807, 2.05) is 0 Å². The summed E-state index contributed by atoms with van der Waals surface area (Å²) in [6.45, 7) is 9.02. The first kappa shape index (κ1) is 17.5. The SMILES string of the molecule is C[Si](OC[C@@H]1O[C@H](n2cc(F)c(N)nc2=O)CS1)C(C)(C)C. The summed E-state index contributed by atoms with van der Waals surface area (Å²) in [5.41, 5.74) is 4.50. The molecule has 1 aliphatic heterocycles. The molecular formula is C13H21FN3O3SSi. The van der Waals surface area contributed by atoms with Crippen LogP contribution in [0.1, 0.15) is 27.0 Å². The van der Waals surface area contributed by atoms with E-state index in [1.165, 1.54) is 0 Å². The molecule has 0 saturated carbocycles. The lowest BCUT2D eigenvalue weighted by molar-refractivity contribution is -0.00348. The minimum atomic E-state index is -0.944. The number of thioether (sulfide) groups is 1. The van der Waals surface area contributed by atoms with Crippen LogP contribution in [0.15, 0.2) is 11.0 Å². The van der Waals surface area contributed by atoms with Crippen LogP contribution in [0.4, 0.5) is 10.2 Å². The molecule has 0 unspecified atom stereocenters. The Kier molecular flexibility index (Phi) is 5.31. The van der Waals surface area contributed by atoms with E-state index in [2.05, 4.69) is 32.3 Å². The lowest BCUT2D eigenvalue weighted by Crippen LogP contribution is -2.31. The predicted octanol–water partition coefficient (Wildman–Crippen LogP) is 1.99. The number of ether oxygens (including phenoxy) is 1. The number of halogens is 1. The van der Waals surface area contributed by atoms with E-state index < -0.39 is 32.6 Å². The topological polar surface area (TPSA) is 79.4 Å². The molecule has 22 heavy (non-hydrogen) atoms. The smallest absolute Gasteiger partial charge is 0.351 e. The van der Waals surface area contributed by atoms with Crippen molar-refractivity contribution in [3.05, 3.63) is 22.5 Å². The Morgan fingerprint density at radius 1 is 1.64 bits per heavy atom. The van der Waals surface area contributed by atoms with Crippen LogP contribution in [-0.4, -0.2) is 36.4 Å². The molecule has 1 aromatic rings. The number of hydrogen-bond acceptors (Lipinski definition) is 6. The first-order valence-electron chi connectivity index (χ1n) is 6.96. The summed E-state index contributed by atoms with van der Waals surface area (Å²) in [5.74, 6) is -0.574. The third-order valence-corrected chi connectivity index (χ3v) is 7.28. The standard InChI is InChI=1S/C13H21FN3O3SSi/c1-13(2,3)22(4)19-6-10-20-9(7-21-10)17-5-8(14)11(15)16-12(17)18/h5,9-10H,6-7H2,1-4H3,(H2,15,16,18)/t9-,10+/m0/s1.